The minimum Gasteiger partial charge on any atom is -0.461 e. The first-order chi connectivity index (χ1) is 9.84. The van der Waals surface area contributed by atoms with Crippen molar-refractivity contribution in [1.29, 1.82) is 0 Å². The molecule has 0 atom stereocenters. The highest BCUT2D eigenvalue weighted by Crippen LogP contribution is 2.23. The molecule has 1 N–H and O–H groups in total. The number of hydrogen-bond donors (Lipinski definition) is 1. The summed E-state index contributed by atoms with van der Waals surface area (Å²) in [6.45, 7) is 13.6. The molecule has 0 fully saturated rings. The Balaban J connectivity index is 3.40. The van der Waals surface area contributed by atoms with Crippen molar-refractivity contribution in [3.63, 3.8) is 0 Å². The highest BCUT2D eigenvalue weighted by atomic mass is 16.5. The van der Waals surface area contributed by atoms with Crippen LogP contribution in [0.4, 0.5) is 0 Å². The number of nitrogens with one attached hydrogen (secondary N) is 1. The number of hydrogen-bond acceptors (Lipinski definition) is 3. The summed E-state index contributed by atoms with van der Waals surface area (Å²) in [5.74, 6) is -0.586. The van der Waals surface area contributed by atoms with Crippen molar-refractivity contribution in [3.8, 4) is 0 Å². The number of rotatable bonds is 6. The van der Waals surface area contributed by atoms with Crippen LogP contribution >= 0.6 is 0 Å². The summed E-state index contributed by atoms with van der Waals surface area (Å²) < 4.78 is 6.87. The molecule has 0 aromatic carbocycles. The average Bonchev–Trinajstić information content (AvgIpc) is 2.61. The van der Waals surface area contributed by atoms with Gasteiger partial charge in [0.2, 0.25) is 0 Å². The zero-order chi connectivity index (χ0) is 16.2. The van der Waals surface area contributed by atoms with Gasteiger partial charge in [0, 0.05) is 18.3 Å². The SMILES string of the molecule is C=CCn1c(C)c(C(=O)NC(C)C)c(C)c1C(=O)OCC. The minimum absolute atomic E-state index is 0.0325. The van der Waals surface area contributed by atoms with E-state index in [0.717, 1.165) is 5.69 Å². The van der Waals surface area contributed by atoms with Crippen LogP contribution in [0.15, 0.2) is 12.7 Å². The van der Waals surface area contributed by atoms with E-state index in [1.54, 1.807) is 24.5 Å². The molecule has 5 heteroatoms. The molecule has 0 bridgehead atoms. The molecule has 0 saturated heterocycles. The van der Waals surface area contributed by atoms with Gasteiger partial charge < -0.3 is 14.6 Å². The second kappa shape index (κ2) is 7.11. The van der Waals surface area contributed by atoms with E-state index in [1.807, 2.05) is 20.8 Å². The normalized spacial score (nSPS) is 10.6. The maximum Gasteiger partial charge on any atom is 0.355 e. The van der Waals surface area contributed by atoms with E-state index >= 15 is 0 Å². The summed E-state index contributed by atoms with van der Waals surface area (Å²) in [5.41, 5.74) is 2.34. The smallest absolute Gasteiger partial charge is 0.355 e. The van der Waals surface area contributed by atoms with Crippen LogP contribution in [-0.4, -0.2) is 29.1 Å². The van der Waals surface area contributed by atoms with Crippen molar-refractivity contribution in [2.45, 2.75) is 47.2 Å². The molecule has 1 heterocycles. The molecule has 0 aliphatic heterocycles. The zero-order valence-electron chi connectivity index (χ0n) is 13.4. The fourth-order valence-corrected chi connectivity index (χ4v) is 2.38. The van der Waals surface area contributed by atoms with Crippen LogP contribution in [0.1, 0.15) is 52.9 Å². The lowest BCUT2D eigenvalue weighted by Gasteiger charge is -2.09. The summed E-state index contributed by atoms with van der Waals surface area (Å²) in [7, 11) is 0. The Bertz CT molecular complexity index is 556. The molecule has 5 nitrogen and oxygen atoms in total. The predicted octanol–water partition coefficient (Wildman–Crippen LogP) is 2.61. The summed E-state index contributed by atoms with van der Waals surface area (Å²) in [5, 5.41) is 2.86. The maximum atomic E-state index is 12.3. The summed E-state index contributed by atoms with van der Waals surface area (Å²) in [4.78, 5) is 24.5. The molecule has 0 aliphatic carbocycles. The Kier molecular flexibility index (Phi) is 5.76. The van der Waals surface area contributed by atoms with E-state index in [-0.39, 0.29) is 11.9 Å². The van der Waals surface area contributed by atoms with Gasteiger partial charge in [-0.25, -0.2) is 4.79 Å². The number of carbonyl (C=O) groups is 2. The molecule has 0 radical (unpaired) electrons. The number of amides is 1. The second-order valence-corrected chi connectivity index (χ2v) is 5.18. The molecule has 116 valence electrons. The quantitative estimate of drug-likeness (QED) is 0.647. The van der Waals surface area contributed by atoms with Crippen molar-refractivity contribution in [2.75, 3.05) is 6.61 Å². The first-order valence-electron chi connectivity index (χ1n) is 7.13. The van der Waals surface area contributed by atoms with Crippen LogP contribution in [0.2, 0.25) is 0 Å². The van der Waals surface area contributed by atoms with Gasteiger partial charge in [-0.05, 0) is 40.2 Å². The molecule has 0 unspecified atom stereocenters. The highest BCUT2D eigenvalue weighted by molar-refractivity contribution is 6.01. The average molecular weight is 292 g/mol. The number of nitrogens with zero attached hydrogens (tertiary/aromatic N) is 1. The topological polar surface area (TPSA) is 60.3 Å². The van der Waals surface area contributed by atoms with Crippen molar-refractivity contribution < 1.29 is 14.3 Å². The number of ether oxygens (including phenoxy) is 1. The van der Waals surface area contributed by atoms with Gasteiger partial charge in [-0.1, -0.05) is 6.08 Å². The zero-order valence-corrected chi connectivity index (χ0v) is 13.4. The monoisotopic (exact) mass is 292 g/mol. The van der Waals surface area contributed by atoms with Crippen LogP contribution in [0.25, 0.3) is 0 Å². The lowest BCUT2D eigenvalue weighted by Crippen LogP contribution is -2.30. The lowest BCUT2D eigenvalue weighted by atomic mass is 10.1. The van der Waals surface area contributed by atoms with Gasteiger partial charge in [-0.15, -0.1) is 6.58 Å². The largest absolute Gasteiger partial charge is 0.461 e. The predicted molar refractivity (Wildman–Crippen MR) is 82.7 cm³/mol. The van der Waals surface area contributed by atoms with Crippen LogP contribution in [0, 0.1) is 13.8 Å². The molecule has 0 spiro atoms. The molecule has 1 rings (SSSR count). The third-order valence-corrected chi connectivity index (χ3v) is 3.19. The van der Waals surface area contributed by atoms with E-state index in [1.165, 1.54) is 0 Å². The van der Waals surface area contributed by atoms with Crippen molar-refractivity contribution in [3.05, 3.63) is 35.2 Å². The van der Waals surface area contributed by atoms with E-state index in [4.69, 9.17) is 4.74 Å². The molecule has 1 amide bonds. The van der Waals surface area contributed by atoms with Crippen LogP contribution < -0.4 is 5.32 Å². The van der Waals surface area contributed by atoms with Gasteiger partial charge >= 0.3 is 5.97 Å². The Morgan fingerprint density at radius 2 is 2.00 bits per heavy atom. The standard InChI is InChI=1S/C16H24N2O3/c1-7-9-18-12(6)13(15(19)17-10(3)4)11(5)14(18)16(20)21-8-2/h7,10H,1,8-9H2,2-6H3,(H,17,19). The fraction of sp³-hybridized carbons (Fsp3) is 0.500. The van der Waals surface area contributed by atoms with Gasteiger partial charge in [-0.3, -0.25) is 4.79 Å². The lowest BCUT2D eigenvalue weighted by molar-refractivity contribution is 0.0513. The molecule has 1 aromatic heterocycles. The van der Waals surface area contributed by atoms with Crippen molar-refractivity contribution >= 4 is 11.9 Å². The van der Waals surface area contributed by atoms with Gasteiger partial charge in [0.15, 0.2) is 0 Å². The maximum absolute atomic E-state index is 12.3. The third kappa shape index (κ3) is 3.54. The molecule has 1 aromatic rings. The highest BCUT2D eigenvalue weighted by Gasteiger charge is 2.26. The molecular weight excluding hydrogens is 268 g/mol. The van der Waals surface area contributed by atoms with Crippen molar-refractivity contribution in [2.24, 2.45) is 0 Å². The summed E-state index contributed by atoms with van der Waals surface area (Å²) >= 11 is 0. The van der Waals surface area contributed by atoms with E-state index in [2.05, 4.69) is 11.9 Å². The van der Waals surface area contributed by atoms with Crippen molar-refractivity contribution in [1.82, 2.24) is 9.88 Å². The number of carbonyl (C=O) groups excluding carboxylic acids is 2. The molecule has 0 aliphatic rings. The van der Waals surface area contributed by atoms with E-state index < -0.39 is 5.97 Å². The van der Waals surface area contributed by atoms with Crippen LogP contribution in [0.5, 0.6) is 0 Å². The Morgan fingerprint density at radius 3 is 2.48 bits per heavy atom. The number of allylic oxidation sites excluding steroid dienone is 1. The number of aromatic nitrogens is 1. The minimum atomic E-state index is -0.413. The first-order valence-corrected chi connectivity index (χ1v) is 7.13. The third-order valence-electron chi connectivity index (χ3n) is 3.19. The van der Waals surface area contributed by atoms with Crippen LogP contribution in [0.3, 0.4) is 0 Å². The van der Waals surface area contributed by atoms with E-state index in [9.17, 15) is 9.59 Å². The second-order valence-electron chi connectivity index (χ2n) is 5.18. The van der Waals surface area contributed by atoms with Gasteiger partial charge in [0.1, 0.15) is 5.69 Å². The molecule has 0 saturated carbocycles. The van der Waals surface area contributed by atoms with Crippen LogP contribution in [-0.2, 0) is 11.3 Å². The first kappa shape index (κ1) is 17.0. The van der Waals surface area contributed by atoms with Gasteiger partial charge in [-0.2, -0.15) is 0 Å². The summed E-state index contributed by atoms with van der Waals surface area (Å²) in [6.07, 6.45) is 1.69. The molecule has 21 heavy (non-hydrogen) atoms. The Labute approximate surface area is 126 Å². The molecular formula is C16H24N2O3. The Morgan fingerprint density at radius 1 is 1.38 bits per heavy atom. The van der Waals surface area contributed by atoms with Gasteiger partial charge in [0.05, 0.1) is 12.2 Å². The summed E-state index contributed by atoms with van der Waals surface area (Å²) in [6, 6.07) is 0.0325. The fourth-order valence-electron chi connectivity index (χ4n) is 2.38. The van der Waals surface area contributed by atoms with E-state index in [0.29, 0.717) is 30.0 Å². The Hall–Kier alpha value is -2.04. The number of esters is 1. The van der Waals surface area contributed by atoms with Gasteiger partial charge in [0.25, 0.3) is 5.91 Å².